The van der Waals surface area contributed by atoms with Gasteiger partial charge in [0, 0.05) is 7.11 Å². The smallest absolute Gasteiger partial charge is 0.161 e. The zero-order chi connectivity index (χ0) is 14.3. The van der Waals surface area contributed by atoms with Gasteiger partial charge in [0.25, 0.3) is 0 Å². The third kappa shape index (κ3) is 3.85. The molecule has 0 heterocycles. The van der Waals surface area contributed by atoms with E-state index in [-0.39, 0.29) is 6.61 Å². The molecule has 1 rings (SSSR count). The molecule has 19 heavy (non-hydrogen) atoms. The molecular formula is C14H19NO4. The molecule has 0 aromatic heterocycles. The van der Waals surface area contributed by atoms with Crippen molar-refractivity contribution in [1.29, 1.82) is 5.26 Å². The van der Waals surface area contributed by atoms with Crippen molar-refractivity contribution in [2.45, 2.75) is 18.9 Å². The quantitative estimate of drug-likeness (QED) is 0.812. The summed E-state index contributed by atoms with van der Waals surface area (Å²) in [7, 11) is 3.04. The first-order chi connectivity index (χ1) is 9.17. The summed E-state index contributed by atoms with van der Waals surface area (Å²) in [5.41, 5.74) is 0.677. The highest BCUT2D eigenvalue weighted by atomic mass is 16.5. The lowest BCUT2D eigenvalue weighted by Gasteiger charge is -2.18. The summed E-state index contributed by atoms with van der Waals surface area (Å²) in [4.78, 5) is 0. The Morgan fingerprint density at radius 3 is 2.58 bits per heavy atom. The fraction of sp³-hybridized carbons (Fsp3) is 0.500. The Morgan fingerprint density at radius 2 is 2.05 bits per heavy atom. The summed E-state index contributed by atoms with van der Waals surface area (Å²) in [6.45, 7) is 2.47. The first-order valence-corrected chi connectivity index (χ1v) is 6.05. The molecule has 0 bridgehead atoms. The lowest BCUT2D eigenvalue weighted by atomic mass is 9.95. The minimum Gasteiger partial charge on any atom is -0.493 e. The molecule has 0 aliphatic rings. The molecule has 0 spiro atoms. The van der Waals surface area contributed by atoms with Gasteiger partial charge in [0.15, 0.2) is 11.5 Å². The molecule has 0 saturated carbocycles. The largest absolute Gasteiger partial charge is 0.493 e. The molecular weight excluding hydrogens is 246 g/mol. The van der Waals surface area contributed by atoms with Crippen LogP contribution in [0.3, 0.4) is 0 Å². The molecule has 1 aromatic carbocycles. The van der Waals surface area contributed by atoms with Gasteiger partial charge in [-0.2, -0.15) is 5.26 Å². The Hall–Kier alpha value is -1.77. The molecule has 104 valence electrons. The van der Waals surface area contributed by atoms with Crippen molar-refractivity contribution in [1.82, 2.24) is 0 Å². The van der Waals surface area contributed by atoms with E-state index in [1.807, 2.05) is 6.92 Å². The van der Waals surface area contributed by atoms with Gasteiger partial charge in [-0.3, -0.25) is 0 Å². The molecule has 0 fully saturated rings. The number of methoxy groups -OCH3 is 2. The van der Waals surface area contributed by atoms with Gasteiger partial charge in [0.2, 0.25) is 0 Å². The van der Waals surface area contributed by atoms with Crippen molar-refractivity contribution in [3.8, 4) is 17.6 Å². The molecule has 1 aromatic rings. The second kappa shape index (κ2) is 7.62. The number of hydrogen-bond donors (Lipinski definition) is 1. The maximum atomic E-state index is 9.89. The highest BCUT2D eigenvalue weighted by Gasteiger charge is 2.22. The third-order valence-electron chi connectivity index (χ3n) is 2.71. The molecule has 2 atom stereocenters. The standard InChI is InChI=1S/C14H19NO4/c1-4-19-14-7-10(5-6-13(14)18-3)11(8-15)12(16)9-17-2/h5-7,11-12,16H,4,9H2,1-3H3. The van der Waals surface area contributed by atoms with E-state index in [0.717, 1.165) is 0 Å². The van der Waals surface area contributed by atoms with Crippen LogP contribution in [-0.4, -0.2) is 38.6 Å². The molecule has 0 aliphatic heterocycles. The minimum atomic E-state index is -0.877. The normalized spacial score (nSPS) is 13.4. The average Bonchev–Trinajstić information content (AvgIpc) is 2.40. The van der Waals surface area contributed by atoms with Crippen molar-refractivity contribution in [2.75, 3.05) is 27.4 Å². The van der Waals surface area contributed by atoms with E-state index >= 15 is 0 Å². The summed E-state index contributed by atoms with van der Waals surface area (Å²) >= 11 is 0. The van der Waals surface area contributed by atoms with Gasteiger partial charge in [0.05, 0.1) is 38.4 Å². The highest BCUT2D eigenvalue weighted by Crippen LogP contribution is 2.32. The van der Waals surface area contributed by atoms with E-state index in [1.54, 1.807) is 25.3 Å². The minimum absolute atomic E-state index is 0.105. The number of ether oxygens (including phenoxy) is 3. The van der Waals surface area contributed by atoms with Crippen molar-refractivity contribution in [3.05, 3.63) is 23.8 Å². The second-order valence-electron chi connectivity index (χ2n) is 3.97. The molecule has 0 radical (unpaired) electrons. The number of aliphatic hydroxyl groups excluding tert-OH is 1. The second-order valence-corrected chi connectivity index (χ2v) is 3.97. The van der Waals surface area contributed by atoms with Crippen LogP contribution < -0.4 is 9.47 Å². The van der Waals surface area contributed by atoms with Gasteiger partial charge in [-0.1, -0.05) is 6.07 Å². The van der Waals surface area contributed by atoms with Crippen LogP contribution in [0.25, 0.3) is 0 Å². The number of hydrogen-bond acceptors (Lipinski definition) is 5. The van der Waals surface area contributed by atoms with Crippen LogP contribution in [0.4, 0.5) is 0 Å². The maximum absolute atomic E-state index is 9.89. The topological polar surface area (TPSA) is 71.7 Å². The van der Waals surface area contributed by atoms with E-state index in [1.165, 1.54) is 7.11 Å². The van der Waals surface area contributed by atoms with E-state index in [2.05, 4.69) is 6.07 Å². The number of rotatable bonds is 7. The van der Waals surface area contributed by atoms with Gasteiger partial charge < -0.3 is 19.3 Å². The van der Waals surface area contributed by atoms with Crippen LogP contribution in [0.5, 0.6) is 11.5 Å². The van der Waals surface area contributed by atoms with Crippen LogP contribution >= 0.6 is 0 Å². The van der Waals surface area contributed by atoms with Crippen molar-refractivity contribution < 1.29 is 19.3 Å². The lowest BCUT2D eigenvalue weighted by Crippen LogP contribution is -2.22. The van der Waals surface area contributed by atoms with Crippen LogP contribution in [-0.2, 0) is 4.74 Å². The SMILES string of the molecule is CCOc1cc(C(C#N)C(O)COC)ccc1OC. The van der Waals surface area contributed by atoms with Crippen molar-refractivity contribution in [3.63, 3.8) is 0 Å². The molecule has 2 unspecified atom stereocenters. The Morgan fingerprint density at radius 1 is 1.32 bits per heavy atom. The first kappa shape index (κ1) is 15.3. The van der Waals surface area contributed by atoms with Gasteiger partial charge in [-0.15, -0.1) is 0 Å². The summed E-state index contributed by atoms with van der Waals surface area (Å²) in [5, 5.41) is 19.1. The number of aliphatic hydroxyl groups is 1. The van der Waals surface area contributed by atoms with Crippen LogP contribution in [0.1, 0.15) is 18.4 Å². The van der Waals surface area contributed by atoms with Crippen LogP contribution in [0.15, 0.2) is 18.2 Å². The lowest BCUT2D eigenvalue weighted by molar-refractivity contribution is 0.0571. The third-order valence-corrected chi connectivity index (χ3v) is 2.71. The summed E-state index contributed by atoms with van der Waals surface area (Å²) in [6.07, 6.45) is -0.877. The molecule has 5 nitrogen and oxygen atoms in total. The van der Waals surface area contributed by atoms with E-state index in [4.69, 9.17) is 14.2 Å². The fourth-order valence-electron chi connectivity index (χ4n) is 1.80. The first-order valence-electron chi connectivity index (χ1n) is 6.05. The number of nitriles is 1. The van der Waals surface area contributed by atoms with E-state index < -0.39 is 12.0 Å². The van der Waals surface area contributed by atoms with E-state index in [0.29, 0.717) is 23.7 Å². The maximum Gasteiger partial charge on any atom is 0.161 e. The molecule has 5 heteroatoms. The highest BCUT2D eigenvalue weighted by molar-refractivity contribution is 5.45. The summed E-state index contributed by atoms with van der Waals surface area (Å²) < 4.78 is 15.5. The summed E-state index contributed by atoms with van der Waals surface area (Å²) in [5.74, 6) is 0.501. The van der Waals surface area contributed by atoms with Crippen LogP contribution in [0, 0.1) is 11.3 Å². The van der Waals surface area contributed by atoms with Crippen LogP contribution in [0.2, 0.25) is 0 Å². The van der Waals surface area contributed by atoms with Gasteiger partial charge in [0.1, 0.15) is 0 Å². The van der Waals surface area contributed by atoms with Gasteiger partial charge in [-0.25, -0.2) is 0 Å². The number of nitrogens with zero attached hydrogens (tertiary/aromatic N) is 1. The Kier molecular flexibility index (Phi) is 6.13. The predicted molar refractivity (Wildman–Crippen MR) is 70.4 cm³/mol. The van der Waals surface area contributed by atoms with Gasteiger partial charge >= 0.3 is 0 Å². The molecule has 0 amide bonds. The molecule has 0 saturated heterocycles. The zero-order valence-corrected chi connectivity index (χ0v) is 11.4. The molecule has 1 N–H and O–H groups in total. The number of benzene rings is 1. The van der Waals surface area contributed by atoms with Crippen molar-refractivity contribution >= 4 is 0 Å². The monoisotopic (exact) mass is 265 g/mol. The zero-order valence-electron chi connectivity index (χ0n) is 11.4. The average molecular weight is 265 g/mol. The Balaban J connectivity index is 3.05. The Labute approximate surface area is 113 Å². The molecule has 0 aliphatic carbocycles. The Bertz CT molecular complexity index is 442. The van der Waals surface area contributed by atoms with Crippen molar-refractivity contribution in [2.24, 2.45) is 0 Å². The fourth-order valence-corrected chi connectivity index (χ4v) is 1.80. The summed E-state index contributed by atoms with van der Waals surface area (Å²) in [6, 6.07) is 7.27. The van der Waals surface area contributed by atoms with Gasteiger partial charge in [-0.05, 0) is 24.6 Å². The van der Waals surface area contributed by atoms with E-state index in [9.17, 15) is 10.4 Å². The predicted octanol–water partition coefficient (Wildman–Crippen LogP) is 1.71.